The van der Waals surface area contributed by atoms with Crippen molar-refractivity contribution in [2.45, 2.75) is 49.5 Å². The molecular weight excluding hydrogens is 458 g/mol. The molecule has 4 atom stereocenters. The van der Waals surface area contributed by atoms with Gasteiger partial charge in [-0.1, -0.05) is 0 Å². The van der Waals surface area contributed by atoms with Crippen LogP contribution >= 0.6 is 15.9 Å². The van der Waals surface area contributed by atoms with E-state index in [4.69, 9.17) is 14.5 Å². The number of hydrogen-bond donors (Lipinski definition) is 0. The van der Waals surface area contributed by atoms with Crippen molar-refractivity contribution >= 4 is 32.7 Å². The normalized spacial score (nSPS) is 33.0. The van der Waals surface area contributed by atoms with Crippen molar-refractivity contribution in [1.82, 2.24) is 14.9 Å². The molecule has 9 heteroatoms. The molecule has 0 saturated carbocycles. The number of fused-ring (bicyclic) bond motifs is 4. The summed E-state index contributed by atoms with van der Waals surface area (Å²) < 4.78 is 41.0. The van der Waals surface area contributed by atoms with Crippen LogP contribution in [-0.2, 0) is 4.74 Å². The number of aromatic nitrogens is 2. The van der Waals surface area contributed by atoms with E-state index in [1.54, 1.807) is 6.07 Å². The second-order valence-electron chi connectivity index (χ2n) is 8.94. The van der Waals surface area contributed by atoms with Gasteiger partial charge < -0.3 is 14.4 Å². The maximum Gasteiger partial charge on any atom is 0.319 e. The smallest absolute Gasteiger partial charge is 0.319 e. The Bertz CT molecular complexity index is 997. The van der Waals surface area contributed by atoms with E-state index in [9.17, 15) is 8.78 Å². The largest absolute Gasteiger partial charge is 0.461 e. The summed E-state index contributed by atoms with van der Waals surface area (Å²) in [6.07, 6.45) is 2.65. The highest BCUT2D eigenvalue weighted by Crippen LogP contribution is 2.42. The number of ether oxygens (including phenoxy) is 2. The Balaban J connectivity index is 1.37. The molecule has 2 unspecified atom stereocenters. The molecule has 1 aromatic carbocycles. The van der Waals surface area contributed by atoms with Crippen LogP contribution in [0.4, 0.5) is 14.6 Å². The minimum absolute atomic E-state index is 0.156. The zero-order valence-corrected chi connectivity index (χ0v) is 18.1. The lowest BCUT2D eigenvalue weighted by atomic mass is 9.91. The fourth-order valence-electron chi connectivity index (χ4n) is 5.69. The van der Waals surface area contributed by atoms with Crippen molar-refractivity contribution in [2.75, 3.05) is 37.8 Å². The van der Waals surface area contributed by atoms with E-state index < -0.39 is 12.0 Å². The van der Waals surface area contributed by atoms with E-state index in [-0.39, 0.29) is 29.1 Å². The van der Waals surface area contributed by atoms with Crippen LogP contribution in [0.1, 0.15) is 25.7 Å². The van der Waals surface area contributed by atoms with Gasteiger partial charge in [-0.3, -0.25) is 4.90 Å². The summed E-state index contributed by atoms with van der Waals surface area (Å²) in [4.78, 5) is 13.5. The molecule has 30 heavy (non-hydrogen) atoms. The van der Waals surface area contributed by atoms with Crippen molar-refractivity contribution in [3.63, 3.8) is 0 Å². The summed E-state index contributed by atoms with van der Waals surface area (Å²) in [5.41, 5.74) is -0.0553. The van der Waals surface area contributed by atoms with E-state index >= 15 is 0 Å². The zero-order chi connectivity index (χ0) is 20.5. The van der Waals surface area contributed by atoms with Crippen LogP contribution in [0.15, 0.2) is 16.6 Å². The number of morpholine rings is 1. The van der Waals surface area contributed by atoms with Gasteiger partial charge in [-0.2, -0.15) is 9.97 Å². The van der Waals surface area contributed by atoms with Crippen molar-refractivity contribution < 1.29 is 18.3 Å². The lowest BCUT2D eigenvalue weighted by molar-refractivity contribution is 0.00977. The number of hydrogen-bond acceptors (Lipinski definition) is 6. The molecule has 4 saturated heterocycles. The first-order valence-electron chi connectivity index (χ1n) is 10.6. The molecule has 4 aliphatic rings. The van der Waals surface area contributed by atoms with Crippen LogP contribution in [0.2, 0.25) is 0 Å². The van der Waals surface area contributed by atoms with Gasteiger partial charge in [0.05, 0.1) is 35.3 Å². The summed E-state index contributed by atoms with van der Waals surface area (Å²) >= 11 is 3.26. The van der Waals surface area contributed by atoms with Crippen LogP contribution in [0.5, 0.6) is 6.01 Å². The number of halogens is 3. The fraction of sp³-hybridized carbons (Fsp3) is 0.619. The highest BCUT2D eigenvalue weighted by Gasteiger charge is 2.49. The first-order chi connectivity index (χ1) is 14.5. The van der Waals surface area contributed by atoms with Gasteiger partial charge in [-0.15, -0.1) is 0 Å². The molecule has 160 valence electrons. The molecule has 0 N–H and O–H groups in total. The number of benzene rings is 1. The number of alkyl halides is 1. The standard InChI is InChI=1S/C21H23BrF2N4O2/c22-16-3-2-15-18(17(16)24)25-20(26-19(15)28-13-6-14(28)10-29-9-13)30-11-21-4-1-5-27(21)8-12(23)7-21/h2-3,12-14H,1,4-11H2/t12-,13?,14?,21+/m1/s1. The molecule has 1 aromatic heterocycles. The third kappa shape index (κ3) is 2.85. The second kappa shape index (κ2) is 6.97. The van der Waals surface area contributed by atoms with Crippen LogP contribution in [0.25, 0.3) is 10.9 Å². The molecule has 4 fully saturated rings. The summed E-state index contributed by atoms with van der Waals surface area (Å²) in [5.74, 6) is 0.273. The van der Waals surface area contributed by atoms with E-state index in [1.807, 2.05) is 6.07 Å². The molecule has 6 nitrogen and oxygen atoms in total. The van der Waals surface area contributed by atoms with Gasteiger partial charge in [0.25, 0.3) is 0 Å². The molecule has 2 aromatic rings. The number of nitrogens with zero attached hydrogens (tertiary/aromatic N) is 4. The van der Waals surface area contributed by atoms with Crippen LogP contribution in [-0.4, -0.2) is 71.6 Å². The average Bonchev–Trinajstić information content (AvgIpc) is 3.25. The first-order valence-corrected chi connectivity index (χ1v) is 11.4. The predicted molar refractivity (Wildman–Crippen MR) is 111 cm³/mol. The third-order valence-corrected chi connectivity index (χ3v) is 7.76. The monoisotopic (exact) mass is 480 g/mol. The Kier molecular flexibility index (Phi) is 4.44. The van der Waals surface area contributed by atoms with E-state index in [1.165, 1.54) is 0 Å². The number of anilines is 1. The number of rotatable bonds is 4. The zero-order valence-electron chi connectivity index (χ0n) is 16.5. The highest BCUT2D eigenvalue weighted by molar-refractivity contribution is 9.10. The molecule has 5 heterocycles. The Morgan fingerprint density at radius 2 is 2.10 bits per heavy atom. The Labute approximate surface area is 181 Å². The topological polar surface area (TPSA) is 50.7 Å². The first kappa shape index (κ1) is 19.1. The van der Waals surface area contributed by atoms with Gasteiger partial charge >= 0.3 is 6.01 Å². The molecule has 6 rings (SSSR count). The van der Waals surface area contributed by atoms with Gasteiger partial charge in [0.2, 0.25) is 0 Å². The molecule has 0 amide bonds. The second-order valence-corrected chi connectivity index (χ2v) is 9.79. The maximum atomic E-state index is 14.9. The molecule has 0 aliphatic carbocycles. The highest BCUT2D eigenvalue weighted by atomic mass is 79.9. The fourth-order valence-corrected chi connectivity index (χ4v) is 6.01. The van der Waals surface area contributed by atoms with Gasteiger partial charge in [-0.05, 0) is 53.9 Å². The quantitative estimate of drug-likeness (QED) is 0.667. The van der Waals surface area contributed by atoms with E-state index in [0.29, 0.717) is 48.5 Å². The predicted octanol–water partition coefficient (Wildman–Crippen LogP) is 3.46. The van der Waals surface area contributed by atoms with Gasteiger partial charge in [-0.25, -0.2) is 8.78 Å². The SMILES string of the molecule is Fc1c(Br)ccc2c(N3C4COCC3C4)nc(OC[C@@]34CCCN3C[C@H](F)C4)nc12. The van der Waals surface area contributed by atoms with Gasteiger partial charge in [0, 0.05) is 18.4 Å². The molecule has 0 spiro atoms. The van der Waals surface area contributed by atoms with Gasteiger partial charge in [0.15, 0.2) is 5.82 Å². The molecule has 2 bridgehead atoms. The molecule has 4 aliphatic heterocycles. The molecular formula is C21H23BrF2N4O2. The van der Waals surface area contributed by atoms with Crippen molar-refractivity contribution in [1.29, 1.82) is 0 Å². The maximum absolute atomic E-state index is 14.9. The summed E-state index contributed by atoms with van der Waals surface area (Å²) in [7, 11) is 0. The van der Waals surface area contributed by atoms with Crippen LogP contribution in [0.3, 0.4) is 0 Å². The minimum atomic E-state index is -0.823. The summed E-state index contributed by atoms with van der Waals surface area (Å²) in [6.45, 7) is 2.97. The summed E-state index contributed by atoms with van der Waals surface area (Å²) in [6, 6.07) is 4.18. The van der Waals surface area contributed by atoms with Crippen molar-refractivity contribution in [3.05, 3.63) is 22.4 Å². The van der Waals surface area contributed by atoms with Crippen molar-refractivity contribution in [3.8, 4) is 6.01 Å². The van der Waals surface area contributed by atoms with E-state index in [0.717, 1.165) is 25.8 Å². The van der Waals surface area contributed by atoms with Gasteiger partial charge in [0.1, 0.15) is 24.1 Å². The Morgan fingerprint density at radius 1 is 1.27 bits per heavy atom. The molecule has 0 radical (unpaired) electrons. The van der Waals surface area contributed by atoms with Crippen molar-refractivity contribution in [2.24, 2.45) is 0 Å². The van der Waals surface area contributed by atoms with Crippen LogP contribution in [0, 0.1) is 5.82 Å². The van der Waals surface area contributed by atoms with Crippen LogP contribution < -0.4 is 9.64 Å². The lowest BCUT2D eigenvalue weighted by Crippen LogP contribution is -2.64. The Morgan fingerprint density at radius 3 is 2.90 bits per heavy atom. The Hall–Kier alpha value is -1.58. The average molecular weight is 481 g/mol. The van der Waals surface area contributed by atoms with E-state index in [2.05, 4.69) is 30.7 Å². The minimum Gasteiger partial charge on any atom is -0.461 e. The summed E-state index contributed by atoms with van der Waals surface area (Å²) in [5, 5.41) is 0.671. The third-order valence-electron chi connectivity index (χ3n) is 7.15. The lowest BCUT2D eigenvalue weighted by Gasteiger charge is -2.53.